The first-order valence-electron chi connectivity index (χ1n) is 3.75. The Hall–Kier alpha value is -0.740. The van der Waals surface area contributed by atoms with E-state index in [2.05, 4.69) is 0 Å². The van der Waals surface area contributed by atoms with Gasteiger partial charge in [0, 0.05) is 6.54 Å². The number of hydrogen-bond acceptors (Lipinski definition) is 1. The standard InChI is InChI=1S/C7H12F3NO/c1-2-3-4-11(6-12)5-7(8,9)10/h6H,2-5H2,1H3. The lowest BCUT2D eigenvalue weighted by Crippen LogP contribution is -2.33. The lowest BCUT2D eigenvalue weighted by molar-refractivity contribution is -0.154. The van der Waals surface area contributed by atoms with Crippen molar-refractivity contribution in [1.29, 1.82) is 0 Å². The lowest BCUT2D eigenvalue weighted by Gasteiger charge is -2.18. The largest absolute Gasteiger partial charge is 0.406 e. The van der Waals surface area contributed by atoms with E-state index < -0.39 is 12.7 Å². The first kappa shape index (κ1) is 11.3. The van der Waals surface area contributed by atoms with E-state index in [0.717, 1.165) is 11.3 Å². The van der Waals surface area contributed by atoms with Gasteiger partial charge in [-0.15, -0.1) is 0 Å². The summed E-state index contributed by atoms with van der Waals surface area (Å²) < 4.78 is 35.2. The van der Waals surface area contributed by atoms with Crippen molar-refractivity contribution >= 4 is 6.41 Å². The number of carbonyl (C=O) groups is 1. The third kappa shape index (κ3) is 6.00. The summed E-state index contributed by atoms with van der Waals surface area (Å²) in [6.07, 6.45) is -2.66. The fourth-order valence-electron chi connectivity index (χ4n) is 0.761. The molecule has 0 aromatic heterocycles. The quantitative estimate of drug-likeness (QED) is 0.595. The molecule has 2 nitrogen and oxygen atoms in total. The fourth-order valence-corrected chi connectivity index (χ4v) is 0.761. The molecule has 0 spiro atoms. The number of carbonyl (C=O) groups excluding carboxylic acids is 1. The second-order valence-corrected chi connectivity index (χ2v) is 2.54. The van der Waals surface area contributed by atoms with Crippen molar-refractivity contribution in [2.75, 3.05) is 13.1 Å². The van der Waals surface area contributed by atoms with Crippen molar-refractivity contribution in [2.24, 2.45) is 0 Å². The third-order valence-electron chi connectivity index (χ3n) is 1.33. The highest BCUT2D eigenvalue weighted by Gasteiger charge is 2.29. The van der Waals surface area contributed by atoms with Gasteiger partial charge in [-0.2, -0.15) is 13.2 Å². The maximum atomic E-state index is 11.7. The van der Waals surface area contributed by atoms with Crippen LogP contribution in [0.25, 0.3) is 0 Å². The summed E-state index contributed by atoms with van der Waals surface area (Å²) in [4.78, 5) is 10.9. The molecule has 12 heavy (non-hydrogen) atoms. The van der Waals surface area contributed by atoms with Crippen molar-refractivity contribution in [2.45, 2.75) is 25.9 Å². The Morgan fingerprint density at radius 2 is 2.00 bits per heavy atom. The molecular formula is C7H12F3NO. The number of unbranched alkanes of at least 4 members (excludes halogenated alkanes) is 1. The van der Waals surface area contributed by atoms with E-state index in [9.17, 15) is 18.0 Å². The minimum Gasteiger partial charge on any atom is -0.336 e. The zero-order valence-electron chi connectivity index (χ0n) is 6.90. The molecule has 0 aliphatic carbocycles. The van der Waals surface area contributed by atoms with Crippen LogP contribution in [0, 0.1) is 0 Å². The van der Waals surface area contributed by atoms with Crippen LogP contribution in [-0.4, -0.2) is 30.6 Å². The van der Waals surface area contributed by atoms with Gasteiger partial charge in [0.05, 0.1) is 0 Å². The van der Waals surface area contributed by atoms with Crippen molar-refractivity contribution in [1.82, 2.24) is 4.90 Å². The first-order valence-corrected chi connectivity index (χ1v) is 3.75. The summed E-state index contributed by atoms with van der Waals surface area (Å²) >= 11 is 0. The van der Waals surface area contributed by atoms with Gasteiger partial charge in [-0.25, -0.2) is 0 Å². The van der Waals surface area contributed by atoms with Gasteiger partial charge in [0.1, 0.15) is 6.54 Å². The van der Waals surface area contributed by atoms with Crippen LogP contribution in [0.2, 0.25) is 0 Å². The Balaban J connectivity index is 3.75. The van der Waals surface area contributed by atoms with Crippen LogP contribution in [-0.2, 0) is 4.79 Å². The lowest BCUT2D eigenvalue weighted by atomic mass is 10.3. The Morgan fingerprint density at radius 3 is 2.33 bits per heavy atom. The highest BCUT2D eigenvalue weighted by molar-refractivity contribution is 5.46. The van der Waals surface area contributed by atoms with E-state index in [0.29, 0.717) is 6.42 Å². The highest BCUT2D eigenvalue weighted by Crippen LogP contribution is 2.15. The molecule has 0 atom stereocenters. The Kier molecular flexibility index (Phi) is 4.70. The van der Waals surface area contributed by atoms with Gasteiger partial charge < -0.3 is 4.90 Å². The molecule has 0 rings (SSSR count). The molecule has 1 amide bonds. The van der Waals surface area contributed by atoms with Gasteiger partial charge in [-0.3, -0.25) is 4.79 Å². The van der Waals surface area contributed by atoms with Gasteiger partial charge in [0.2, 0.25) is 6.41 Å². The van der Waals surface area contributed by atoms with Gasteiger partial charge >= 0.3 is 6.18 Å². The number of halogens is 3. The molecule has 72 valence electrons. The molecule has 0 bridgehead atoms. The number of hydrogen-bond donors (Lipinski definition) is 0. The van der Waals surface area contributed by atoms with Crippen LogP contribution in [0.1, 0.15) is 19.8 Å². The van der Waals surface area contributed by atoms with E-state index >= 15 is 0 Å². The van der Waals surface area contributed by atoms with E-state index in [1.807, 2.05) is 6.92 Å². The molecule has 5 heteroatoms. The number of alkyl halides is 3. The average molecular weight is 183 g/mol. The van der Waals surface area contributed by atoms with E-state index in [1.165, 1.54) is 0 Å². The third-order valence-corrected chi connectivity index (χ3v) is 1.33. The fraction of sp³-hybridized carbons (Fsp3) is 0.857. The van der Waals surface area contributed by atoms with Crippen molar-refractivity contribution in [3.63, 3.8) is 0 Å². The number of amides is 1. The molecule has 0 aromatic carbocycles. The van der Waals surface area contributed by atoms with Gasteiger partial charge in [0.25, 0.3) is 0 Å². The van der Waals surface area contributed by atoms with Gasteiger partial charge in [-0.05, 0) is 6.42 Å². The van der Waals surface area contributed by atoms with E-state index in [4.69, 9.17) is 0 Å². The summed E-state index contributed by atoms with van der Waals surface area (Å²) in [6.45, 7) is 0.895. The van der Waals surface area contributed by atoms with Crippen LogP contribution in [0.4, 0.5) is 13.2 Å². The number of rotatable bonds is 5. The molecule has 0 radical (unpaired) electrons. The second-order valence-electron chi connectivity index (χ2n) is 2.54. The Morgan fingerprint density at radius 1 is 1.42 bits per heavy atom. The van der Waals surface area contributed by atoms with Gasteiger partial charge in [0.15, 0.2) is 0 Å². The van der Waals surface area contributed by atoms with Crippen molar-refractivity contribution in [3.05, 3.63) is 0 Å². The second kappa shape index (κ2) is 5.00. The molecule has 0 fully saturated rings. The molecule has 0 aliphatic rings. The summed E-state index contributed by atoms with van der Waals surface area (Å²) in [5.41, 5.74) is 0. The maximum absolute atomic E-state index is 11.7. The average Bonchev–Trinajstić information content (AvgIpc) is 1.95. The van der Waals surface area contributed by atoms with E-state index in [1.54, 1.807) is 0 Å². The minimum atomic E-state index is -4.28. The van der Waals surface area contributed by atoms with Crippen LogP contribution in [0.5, 0.6) is 0 Å². The molecule has 0 heterocycles. The van der Waals surface area contributed by atoms with Crippen LogP contribution >= 0.6 is 0 Å². The predicted molar refractivity (Wildman–Crippen MR) is 38.6 cm³/mol. The highest BCUT2D eigenvalue weighted by atomic mass is 19.4. The molecular weight excluding hydrogens is 171 g/mol. The smallest absolute Gasteiger partial charge is 0.336 e. The zero-order chi connectivity index (χ0) is 9.61. The topological polar surface area (TPSA) is 20.3 Å². The maximum Gasteiger partial charge on any atom is 0.406 e. The van der Waals surface area contributed by atoms with E-state index in [-0.39, 0.29) is 13.0 Å². The SMILES string of the molecule is CCCCN(C=O)CC(F)(F)F. The molecule has 0 saturated carbocycles. The summed E-state index contributed by atoms with van der Waals surface area (Å²) in [5, 5.41) is 0. The summed E-state index contributed by atoms with van der Waals surface area (Å²) in [7, 11) is 0. The number of nitrogens with zero attached hydrogens (tertiary/aromatic N) is 1. The first-order chi connectivity index (χ1) is 5.49. The van der Waals surface area contributed by atoms with Gasteiger partial charge in [-0.1, -0.05) is 13.3 Å². The Labute approximate surface area is 69.3 Å². The molecule has 0 aromatic rings. The van der Waals surface area contributed by atoms with Crippen molar-refractivity contribution in [3.8, 4) is 0 Å². The summed E-state index contributed by atoms with van der Waals surface area (Å²) in [6, 6.07) is 0. The molecule has 0 aliphatic heterocycles. The van der Waals surface area contributed by atoms with Crippen LogP contribution in [0.15, 0.2) is 0 Å². The Bertz CT molecular complexity index is 135. The molecule has 0 N–H and O–H groups in total. The molecule has 0 unspecified atom stereocenters. The van der Waals surface area contributed by atoms with Crippen LogP contribution in [0.3, 0.4) is 0 Å². The molecule has 0 saturated heterocycles. The zero-order valence-corrected chi connectivity index (χ0v) is 6.90. The van der Waals surface area contributed by atoms with Crippen molar-refractivity contribution < 1.29 is 18.0 Å². The minimum absolute atomic E-state index is 0.180. The monoisotopic (exact) mass is 183 g/mol. The summed E-state index contributed by atoms with van der Waals surface area (Å²) in [5.74, 6) is 0. The predicted octanol–water partition coefficient (Wildman–Crippen LogP) is 1.81. The normalized spacial score (nSPS) is 11.3. The van der Waals surface area contributed by atoms with Crippen LogP contribution < -0.4 is 0 Å².